The molecule has 0 aromatic heterocycles. The highest BCUT2D eigenvalue weighted by Gasteiger charge is 2.21. The minimum Gasteiger partial charge on any atom is -0.482 e. The molecule has 2 aromatic rings. The van der Waals surface area contributed by atoms with Crippen molar-refractivity contribution in [1.29, 1.82) is 0 Å². The Bertz CT molecular complexity index is 992. The van der Waals surface area contributed by atoms with Crippen molar-refractivity contribution in [2.24, 2.45) is 5.92 Å². The van der Waals surface area contributed by atoms with Gasteiger partial charge in [0.25, 0.3) is 5.91 Å². The Morgan fingerprint density at radius 3 is 2.62 bits per heavy atom. The van der Waals surface area contributed by atoms with Gasteiger partial charge in [0.05, 0.1) is 9.92 Å². The summed E-state index contributed by atoms with van der Waals surface area (Å²) in [6.07, 6.45) is 0.818. The number of fused-ring (bicyclic) bond motifs is 1. The smallest absolute Gasteiger partial charge is 0.260 e. The summed E-state index contributed by atoms with van der Waals surface area (Å²) in [4.78, 5) is 14.3. The minimum atomic E-state index is -3.64. The molecular formula is C21H25ClN2O4S. The lowest BCUT2D eigenvalue weighted by molar-refractivity contribution is -0.134. The molecule has 0 aliphatic carbocycles. The summed E-state index contributed by atoms with van der Waals surface area (Å²) in [5.74, 6) is 0.335. The van der Waals surface area contributed by atoms with E-state index in [1.165, 1.54) is 23.8 Å². The Balaban J connectivity index is 1.60. The molecule has 0 bridgehead atoms. The summed E-state index contributed by atoms with van der Waals surface area (Å²) < 4.78 is 32.7. The van der Waals surface area contributed by atoms with Crippen LogP contribution in [-0.2, 0) is 27.8 Å². The number of carbonyl (C=O) groups excluding carboxylic acids is 1. The molecule has 1 aliphatic heterocycles. The number of hydrogen-bond acceptors (Lipinski definition) is 4. The van der Waals surface area contributed by atoms with E-state index < -0.39 is 10.0 Å². The molecule has 1 heterocycles. The van der Waals surface area contributed by atoms with Gasteiger partial charge in [-0.2, -0.15) is 0 Å². The molecule has 0 saturated heterocycles. The predicted octanol–water partition coefficient (Wildman–Crippen LogP) is 3.24. The number of amides is 1. The zero-order chi connectivity index (χ0) is 21.0. The highest BCUT2D eigenvalue weighted by Crippen LogP contribution is 2.27. The zero-order valence-corrected chi connectivity index (χ0v) is 18.1. The second-order valence-corrected chi connectivity index (χ2v) is 9.63. The summed E-state index contributed by atoms with van der Waals surface area (Å²) in [7, 11) is -3.64. The van der Waals surface area contributed by atoms with E-state index in [4.69, 9.17) is 16.3 Å². The summed E-state index contributed by atoms with van der Waals surface area (Å²) in [5.41, 5.74) is 2.41. The number of rotatable bonds is 7. The van der Waals surface area contributed by atoms with Crippen LogP contribution < -0.4 is 9.46 Å². The third-order valence-corrected chi connectivity index (χ3v) is 6.45. The molecule has 6 nitrogen and oxygen atoms in total. The van der Waals surface area contributed by atoms with Crippen LogP contribution in [0.2, 0.25) is 5.02 Å². The number of ether oxygens (including phenoxy) is 1. The third-order valence-electron chi connectivity index (χ3n) is 4.73. The molecule has 0 saturated carbocycles. The van der Waals surface area contributed by atoms with Crippen molar-refractivity contribution < 1.29 is 17.9 Å². The highest BCUT2D eigenvalue weighted by atomic mass is 35.5. The van der Waals surface area contributed by atoms with Gasteiger partial charge in [0, 0.05) is 19.6 Å². The fourth-order valence-corrected chi connectivity index (χ4v) is 4.60. The summed E-state index contributed by atoms with van der Waals surface area (Å²) in [6.45, 7) is 5.23. The third kappa shape index (κ3) is 5.50. The van der Waals surface area contributed by atoms with Crippen molar-refractivity contribution in [1.82, 2.24) is 9.62 Å². The van der Waals surface area contributed by atoms with E-state index in [1.54, 1.807) is 4.90 Å². The van der Waals surface area contributed by atoms with E-state index in [1.807, 2.05) is 32.0 Å². The van der Waals surface area contributed by atoms with Gasteiger partial charge in [-0.1, -0.05) is 49.7 Å². The first-order valence-electron chi connectivity index (χ1n) is 9.53. The summed E-state index contributed by atoms with van der Waals surface area (Å²) >= 11 is 6.19. The van der Waals surface area contributed by atoms with E-state index in [-0.39, 0.29) is 34.1 Å². The molecule has 0 radical (unpaired) electrons. The maximum Gasteiger partial charge on any atom is 0.260 e. The van der Waals surface area contributed by atoms with Crippen molar-refractivity contribution in [2.45, 2.75) is 31.7 Å². The van der Waals surface area contributed by atoms with Crippen LogP contribution in [0.4, 0.5) is 0 Å². The SMILES string of the molecule is CC(C)CNS(=O)(=O)c1ccc(OCC(=O)N2CCc3ccccc3C2)c(Cl)c1. The monoisotopic (exact) mass is 436 g/mol. The number of carbonyl (C=O) groups is 1. The predicted molar refractivity (Wildman–Crippen MR) is 113 cm³/mol. The van der Waals surface area contributed by atoms with Gasteiger partial charge >= 0.3 is 0 Å². The zero-order valence-electron chi connectivity index (χ0n) is 16.5. The Morgan fingerprint density at radius 2 is 1.93 bits per heavy atom. The van der Waals surface area contributed by atoms with Crippen LogP contribution in [0.15, 0.2) is 47.4 Å². The summed E-state index contributed by atoms with van der Waals surface area (Å²) in [6, 6.07) is 12.3. The molecule has 1 N–H and O–H groups in total. The average Bonchev–Trinajstić information content (AvgIpc) is 2.70. The molecule has 0 unspecified atom stereocenters. The van der Waals surface area contributed by atoms with Crippen LogP contribution in [0.1, 0.15) is 25.0 Å². The van der Waals surface area contributed by atoms with Gasteiger partial charge in [0.15, 0.2) is 6.61 Å². The standard InChI is InChI=1S/C21H25ClN2O4S/c1-15(2)12-23-29(26,27)18-7-8-20(19(22)11-18)28-14-21(25)24-10-9-16-5-3-4-6-17(16)13-24/h3-8,11,15,23H,9-10,12-14H2,1-2H3. The van der Waals surface area contributed by atoms with E-state index in [0.717, 1.165) is 12.0 Å². The highest BCUT2D eigenvalue weighted by molar-refractivity contribution is 7.89. The van der Waals surface area contributed by atoms with Crippen LogP contribution in [0.25, 0.3) is 0 Å². The Kier molecular flexibility index (Phi) is 6.82. The largest absolute Gasteiger partial charge is 0.482 e. The van der Waals surface area contributed by atoms with Gasteiger partial charge < -0.3 is 9.64 Å². The second-order valence-electron chi connectivity index (χ2n) is 7.46. The van der Waals surface area contributed by atoms with E-state index >= 15 is 0 Å². The summed E-state index contributed by atoms with van der Waals surface area (Å²) in [5, 5.41) is 0.147. The number of benzene rings is 2. The first-order valence-corrected chi connectivity index (χ1v) is 11.4. The van der Waals surface area contributed by atoms with Crippen LogP contribution in [0.5, 0.6) is 5.75 Å². The molecule has 8 heteroatoms. The number of sulfonamides is 1. The minimum absolute atomic E-state index is 0.0643. The Hall–Kier alpha value is -2.09. The van der Waals surface area contributed by atoms with Crippen molar-refractivity contribution in [2.75, 3.05) is 19.7 Å². The van der Waals surface area contributed by atoms with Gasteiger partial charge in [-0.15, -0.1) is 0 Å². The van der Waals surface area contributed by atoms with Crippen LogP contribution >= 0.6 is 11.6 Å². The fraction of sp³-hybridized carbons (Fsp3) is 0.381. The lowest BCUT2D eigenvalue weighted by atomic mass is 10.00. The number of nitrogens with zero attached hydrogens (tertiary/aromatic N) is 1. The number of nitrogens with one attached hydrogen (secondary N) is 1. The molecular weight excluding hydrogens is 412 g/mol. The lowest BCUT2D eigenvalue weighted by Gasteiger charge is -2.28. The first kappa shape index (κ1) is 21.6. The lowest BCUT2D eigenvalue weighted by Crippen LogP contribution is -2.38. The quantitative estimate of drug-likeness (QED) is 0.722. The van der Waals surface area contributed by atoms with Crippen molar-refractivity contribution >= 4 is 27.5 Å². The van der Waals surface area contributed by atoms with Gasteiger partial charge in [-0.05, 0) is 41.7 Å². The van der Waals surface area contributed by atoms with E-state index in [9.17, 15) is 13.2 Å². The molecule has 29 heavy (non-hydrogen) atoms. The Morgan fingerprint density at radius 1 is 1.21 bits per heavy atom. The first-order chi connectivity index (χ1) is 13.8. The van der Waals surface area contributed by atoms with Gasteiger partial charge in [-0.3, -0.25) is 4.79 Å². The van der Waals surface area contributed by atoms with Gasteiger partial charge in [0.2, 0.25) is 10.0 Å². The number of halogens is 1. The Labute approximate surface area is 176 Å². The van der Waals surface area contributed by atoms with E-state index in [2.05, 4.69) is 10.8 Å². The van der Waals surface area contributed by atoms with Crippen molar-refractivity contribution in [3.63, 3.8) is 0 Å². The maximum absolute atomic E-state index is 12.5. The van der Waals surface area contributed by atoms with Crippen LogP contribution in [0, 0.1) is 5.92 Å². The van der Waals surface area contributed by atoms with Gasteiger partial charge in [-0.25, -0.2) is 13.1 Å². The van der Waals surface area contributed by atoms with E-state index in [0.29, 0.717) is 19.6 Å². The topological polar surface area (TPSA) is 75.7 Å². The molecule has 156 valence electrons. The molecule has 3 rings (SSSR count). The molecule has 1 amide bonds. The van der Waals surface area contributed by atoms with Gasteiger partial charge in [0.1, 0.15) is 5.75 Å². The molecule has 0 fully saturated rings. The van der Waals surface area contributed by atoms with Crippen molar-refractivity contribution in [3.8, 4) is 5.75 Å². The molecule has 0 spiro atoms. The second kappa shape index (κ2) is 9.15. The fourth-order valence-electron chi connectivity index (χ4n) is 3.06. The maximum atomic E-state index is 12.5. The molecule has 1 aliphatic rings. The number of hydrogen-bond donors (Lipinski definition) is 1. The molecule has 2 aromatic carbocycles. The normalized spacial score (nSPS) is 14.0. The average molecular weight is 437 g/mol. The molecule has 0 atom stereocenters. The van der Waals surface area contributed by atoms with Crippen LogP contribution in [0.3, 0.4) is 0 Å². The van der Waals surface area contributed by atoms with Crippen LogP contribution in [-0.4, -0.2) is 38.9 Å². The van der Waals surface area contributed by atoms with Crippen molar-refractivity contribution in [3.05, 3.63) is 58.6 Å².